The Labute approximate surface area is 192 Å². The summed E-state index contributed by atoms with van der Waals surface area (Å²) in [4.78, 5) is 8.41. The summed E-state index contributed by atoms with van der Waals surface area (Å²) < 4.78 is 47.6. The molecular weight excluding hydrogens is 443 g/mol. The molecule has 5 rings (SSSR count). The highest BCUT2D eigenvalue weighted by Gasteiger charge is 2.31. The number of H-pyrrole nitrogens is 1. The second-order valence-electron chi connectivity index (χ2n) is 8.42. The Hall–Kier alpha value is -3.01. The minimum absolute atomic E-state index is 0.192. The summed E-state index contributed by atoms with van der Waals surface area (Å²) in [6.45, 7) is 0.599. The van der Waals surface area contributed by atoms with E-state index in [4.69, 9.17) is 9.72 Å². The Morgan fingerprint density at radius 1 is 1.21 bits per heavy atom. The number of nitrogens with one attached hydrogen (secondary N) is 1. The number of pyridine rings is 1. The first kappa shape index (κ1) is 21.8. The number of halogens is 1. The highest BCUT2D eigenvalue weighted by molar-refractivity contribution is 7.86. The van der Waals surface area contributed by atoms with Crippen LogP contribution in [0, 0.1) is 5.82 Å². The van der Waals surface area contributed by atoms with E-state index in [-0.39, 0.29) is 12.3 Å². The Morgan fingerprint density at radius 3 is 2.73 bits per heavy atom. The molecule has 0 saturated heterocycles. The van der Waals surface area contributed by atoms with E-state index >= 15 is 0 Å². The maximum atomic E-state index is 14.3. The molecule has 3 heterocycles. The lowest BCUT2D eigenvalue weighted by atomic mass is 9.97. The van der Waals surface area contributed by atoms with Crippen LogP contribution in [-0.4, -0.2) is 54.7 Å². The largest absolute Gasteiger partial charge is 0.494 e. The molecule has 0 spiro atoms. The van der Waals surface area contributed by atoms with E-state index in [1.165, 1.54) is 35.9 Å². The fraction of sp³-hybridized carbons (Fsp3) is 0.292. The average molecular weight is 469 g/mol. The molecule has 0 fully saturated rings. The number of methoxy groups -OCH3 is 1. The summed E-state index contributed by atoms with van der Waals surface area (Å²) >= 11 is 0. The number of aromatic amines is 1. The van der Waals surface area contributed by atoms with Gasteiger partial charge in [0.05, 0.1) is 30.6 Å². The van der Waals surface area contributed by atoms with E-state index in [9.17, 15) is 12.8 Å². The number of nitrogens with zero attached hydrogens (tertiary/aromatic N) is 3. The average Bonchev–Trinajstić information content (AvgIpc) is 3.19. The quantitative estimate of drug-likeness (QED) is 0.485. The van der Waals surface area contributed by atoms with Gasteiger partial charge in [-0.15, -0.1) is 0 Å². The molecule has 0 saturated carbocycles. The normalized spacial score (nSPS) is 14.8. The van der Waals surface area contributed by atoms with Gasteiger partial charge in [0.1, 0.15) is 0 Å². The van der Waals surface area contributed by atoms with Crippen molar-refractivity contribution in [3.63, 3.8) is 0 Å². The zero-order valence-electron chi connectivity index (χ0n) is 18.7. The number of benzene rings is 2. The van der Waals surface area contributed by atoms with Crippen molar-refractivity contribution in [1.29, 1.82) is 0 Å². The Kier molecular flexibility index (Phi) is 5.35. The van der Waals surface area contributed by atoms with Gasteiger partial charge in [0.2, 0.25) is 0 Å². The highest BCUT2D eigenvalue weighted by atomic mass is 32.2. The maximum Gasteiger partial charge on any atom is 0.281 e. The molecule has 4 aromatic rings. The molecular formula is C24H25FN4O3S. The molecule has 1 N–H and O–H groups in total. The van der Waals surface area contributed by atoms with Crippen LogP contribution >= 0.6 is 0 Å². The van der Waals surface area contributed by atoms with Gasteiger partial charge >= 0.3 is 0 Å². The topological polar surface area (TPSA) is 78.5 Å². The maximum absolute atomic E-state index is 14.3. The van der Waals surface area contributed by atoms with Crippen molar-refractivity contribution in [3.05, 3.63) is 70.8 Å². The van der Waals surface area contributed by atoms with E-state index in [1.54, 1.807) is 6.07 Å². The number of hydrogen-bond acceptors (Lipinski definition) is 4. The Bertz CT molecular complexity index is 1480. The first-order valence-corrected chi connectivity index (χ1v) is 12.1. The Balaban J connectivity index is 1.67. The second-order valence-corrected chi connectivity index (χ2v) is 10.6. The third-order valence-corrected chi connectivity index (χ3v) is 8.11. The van der Waals surface area contributed by atoms with E-state index in [0.717, 1.165) is 44.3 Å². The molecule has 0 amide bonds. The summed E-state index contributed by atoms with van der Waals surface area (Å²) in [5, 5.41) is 2.15. The van der Waals surface area contributed by atoms with Gasteiger partial charge < -0.3 is 9.72 Å². The standard InChI is InChI=1S/C24H25FN4O3S/c1-28(2)33(30,31)29-11-10-17-21(14-29)26-20(13-15-8-9-22(32-3)18(25)12-15)24-23(17)16-6-4-5-7-19(16)27-24/h4-9,12,27H,10-11,13-14H2,1-3H3. The van der Waals surface area contributed by atoms with Crippen molar-refractivity contribution >= 4 is 32.0 Å². The van der Waals surface area contributed by atoms with Crippen LogP contribution in [-0.2, 0) is 29.6 Å². The number of aromatic nitrogens is 2. The molecule has 2 aromatic carbocycles. The van der Waals surface area contributed by atoms with Gasteiger partial charge in [-0.1, -0.05) is 24.3 Å². The second kappa shape index (κ2) is 8.09. The highest BCUT2D eigenvalue weighted by Crippen LogP contribution is 2.35. The Morgan fingerprint density at radius 2 is 2.00 bits per heavy atom. The lowest BCUT2D eigenvalue weighted by Gasteiger charge is -2.30. The van der Waals surface area contributed by atoms with Crippen molar-refractivity contribution in [2.24, 2.45) is 0 Å². The van der Waals surface area contributed by atoms with Crippen LogP contribution in [0.3, 0.4) is 0 Å². The van der Waals surface area contributed by atoms with Crippen LogP contribution in [0.15, 0.2) is 42.5 Å². The van der Waals surface area contributed by atoms with E-state index in [1.807, 2.05) is 24.3 Å². The van der Waals surface area contributed by atoms with Crippen LogP contribution in [0.25, 0.3) is 21.8 Å². The minimum Gasteiger partial charge on any atom is -0.494 e. The van der Waals surface area contributed by atoms with Gasteiger partial charge in [-0.05, 0) is 35.7 Å². The molecule has 2 aromatic heterocycles. The summed E-state index contributed by atoms with van der Waals surface area (Å²) in [7, 11) is 0.946. The lowest BCUT2D eigenvalue weighted by molar-refractivity contribution is 0.355. The molecule has 1 aliphatic heterocycles. The molecule has 0 atom stereocenters. The predicted molar refractivity (Wildman–Crippen MR) is 126 cm³/mol. The predicted octanol–water partition coefficient (Wildman–Crippen LogP) is 3.62. The molecule has 0 bridgehead atoms. The molecule has 0 radical (unpaired) electrons. The number of ether oxygens (including phenoxy) is 1. The fourth-order valence-corrected chi connectivity index (χ4v) is 5.62. The van der Waals surface area contributed by atoms with E-state index < -0.39 is 16.0 Å². The summed E-state index contributed by atoms with van der Waals surface area (Å²) in [6, 6.07) is 12.9. The van der Waals surface area contributed by atoms with Crippen LogP contribution in [0.5, 0.6) is 5.75 Å². The number of rotatable bonds is 5. The van der Waals surface area contributed by atoms with E-state index in [0.29, 0.717) is 19.4 Å². The molecule has 172 valence electrons. The zero-order chi connectivity index (χ0) is 23.3. The zero-order valence-corrected chi connectivity index (χ0v) is 19.5. The van der Waals surface area contributed by atoms with Crippen LogP contribution in [0.4, 0.5) is 4.39 Å². The van der Waals surface area contributed by atoms with Gasteiger partial charge in [0, 0.05) is 43.4 Å². The summed E-state index contributed by atoms with van der Waals surface area (Å²) in [5.74, 6) is -0.235. The van der Waals surface area contributed by atoms with Crippen molar-refractivity contribution < 1.29 is 17.5 Å². The number of fused-ring (bicyclic) bond motifs is 5. The first-order chi connectivity index (χ1) is 15.8. The molecule has 1 aliphatic rings. The third kappa shape index (κ3) is 3.66. The minimum atomic E-state index is -3.55. The lowest BCUT2D eigenvalue weighted by Crippen LogP contribution is -2.43. The first-order valence-electron chi connectivity index (χ1n) is 10.7. The van der Waals surface area contributed by atoms with Crippen molar-refractivity contribution in [1.82, 2.24) is 18.6 Å². The van der Waals surface area contributed by atoms with Gasteiger partial charge in [-0.25, -0.2) is 4.39 Å². The number of para-hydroxylation sites is 1. The van der Waals surface area contributed by atoms with Gasteiger partial charge in [0.25, 0.3) is 10.2 Å². The van der Waals surface area contributed by atoms with Crippen molar-refractivity contribution in [2.75, 3.05) is 27.7 Å². The molecule has 0 unspecified atom stereocenters. The fourth-order valence-electron chi connectivity index (χ4n) is 4.55. The third-order valence-electron chi connectivity index (χ3n) is 6.23. The van der Waals surface area contributed by atoms with Crippen LogP contribution < -0.4 is 4.74 Å². The molecule has 0 aliphatic carbocycles. The monoisotopic (exact) mass is 468 g/mol. The molecule has 7 nitrogen and oxygen atoms in total. The van der Waals surface area contributed by atoms with Crippen molar-refractivity contribution in [3.8, 4) is 5.75 Å². The smallest absolute Gasteiger partial charge is 0.281 e. The number of hydrogen-bond donors (Lipinski definition) is 1. The van der Waals surface area contributed by atoms with Crippen LogP contribution in [0.2, 0.25) is 0 Å². The molecule has 9 heteroatoms. The van der Waals surface area contributed by atoms with E-state index in [2.05, 4.69) is 11.1 Å². The van der Waals surface area contributed by atoms with Crippen LogP contribution in [0.1, 0.15) is 22.5 Å². The molecule has 33 heavy (non-hydrogen) atoms. The van der Waals surface area contributed by atoms with Gasteiger partial charge in [0.15, 0.2) is 11.6 Å². The van der Waals surface area contributed by atoms with Crippen molar-refractivity contribution in [2.45, 2.75) is 19.4 Å². The van der Waals surface area contributed by atoms with Gasteiger partial charge in [-0.2, -0.15) is 17.0 Å². The summed E-state index contributed by atoms with van der Waals surface area (Å²) in [5.41, 5.74) is 5.23. The SMILES string of the molecule is COc1ccc(Cc2nc3c(c4c2[nH]c2ccccc24)CCN(S(=O)(=O)N(C)C)C3)cc1F. The summed E-state index contributed by atoms with van der Waals surface area (Å²) in [6.07, 6.45) is 0.975. The van der Waals surface area contributed by atoms with Gasteiger partial charge in [-0.3, -0.25) is 4.98 Å².